The number of benzene rings is 3. The number of aryl methyl sites for hydroxylation is 2. The molecule has 5 nitrogen and oxygen atoms in total. The van der Waals surface area contributed by atoms with Crippen LogP contribution >= 0.6 is 34.4 Å². The Bertz CT molecular complexity index is 2210. The van der Waals surface area contributed by atoms with Crippen LogP contribution in [0.15, 0.2) is 69.4 Å². The van der Waals surface area contributed by atoms with E-state index < -0.39 is 23.9 Å². The average molecular weight is 691 g/mol. The van der Waals surface area contributed by atoms with Crippen LogP contribution < -0.4 is 4.74 Å². The Kier molecular flexibility index (Phi) is 7.18. The summed E-state index contributed by atoms with van der Waals surface area (Å²) < 4.78 is 101. The van der Waals surface area contributed by atoms with E-state index in [1.165, 1.54) is 28.5 Å². The maximum absolute atomic E-state index is 13.7. The minimum absolute atomic E-state index is 0.0856. The molecule has 1 aliphatic heterocycles. The van der Waals surface area contributed by atoms with E-state index in [9.17, 15) is 26.3 Å². The van der Waals surface area contributed by atoms with Gasteiger partial charge in [0.1, 0.15) is 28.2 Å². The predicted molar refractivity (Wildman–Crippen MR) is 168 cm³/mol. The molecule has 0 saturated heterocycles. The molecule has 3 aromatic heterocycles. The van der Waals surface area contributed by atoms with E-state index in [0.717, 1.165) is 44.0 Å². The second-order valence-electron chi connectivity index (χ2n) is 10.1. The van der Waals surface area contributed by atoms with Gasteiger partial charge in [-0.25, -0.2) is 0 Å². The van der Waals surface area contributed by atoms with E-state index in [-0.39, 0.29) is 5.56 Å². The molecule has 7 rings (SSSR count). The first-order valence-electron chi connectivity index (χ1n) is 13.0. The van der Waals surface area contributed by atoms with Crippen molar-refractivity contribution in [1.82, 2.24) is 8.75 Å². The van der Waals surface area contributed by atoms with Gasteiger partial charge < -0.3 is 4.74 Å². The fourth-order valence-electron chi connectivity index (χ4n) is 4.99. The van der Waals surface area contributed by atoms with Crippen LogP contribution in [0.5, 0.6) is 5.75 Å². The summed E-state index contributed by atoms with van der Waals surface area (Å²) in [4.78, 5) is 3.08. The van der Waals surface area contributed by atoms with Gasteiger partial charge in [-0.2, -0.15) is 30.6 Å². The van der Waals surface area contributed by atoms with Crippen molar-refractivity contribution in [2.45, 2.75) is 26.4 Å². The third-order valence-corrected chi connectivity index (χ3v) is 10.6. The van der Waals surface area contributed by atoms with Crippen LogP contribution in [0.2, 0.25) is 0 Å². The Hall–Kier alpha value is -3.92. The summed E-state index contributed by atoms with van der Waals surface area (Å²) in [6, 6.07) is 16.2. The molecule has 0 saturated carbocycles. The first kappa shape index (κ1) is 29.8. The summed E-state index contributed by atoms with van der Waals surface area (Å²) in [7, 11) is 0. The molecule has 0 aliphatic carbocycles. The maximum atomic E-state index is 13.7. The van der Waals surface area contributed by atoms with Crippen LogP contribution in [-0.4, -0.2) is 15.1 Å². The standard InChI is InChI=1S/C30H16F6N4OS4/c1-13-3-4-15(11-14(13)2)19-7-9-21(42-19)23-25-27(39-44-37-25)24(28-26(23)38-45-40-28)22-10-8-20(43-22)16-5-6-18(41-30(34,35)36)17(12-16)29(31,32)33/h3-12H,1-2H3. The van der Waals surface area contributed by atoms with Gasteiger partial charge in [-0.3, -0.25) is 0 Å². The lowest BCUT2D eigenvalue weighted by molar-refractivity contribution is -0.276. The van der Waals surface area contributed by atoms with E-state index in [1.807, 2.05) is 6.07 Å². The number of thiophene rings is 2. The van der Waals surface area contributed by atoms with Crippen molar-refractivity contribution in [3.63, 3.8) is 0 Å². The van der Waals surface area contributed by atoms with Gasteiger partial charge in [-0.05, 0) is 78.6 Å². The molecule has 15 heteroatoms. The molecule has 0 N–H and O–H groups in total. The van der Waals surface area contributed by atoms with E-state index in [1.54, 1.807) is 23.5 Å². The zero-order valence-corrected chi connectivity index (χ0v) is 26.1. The molecule has 0 bridgehead atoms. The van der Waals surface area contributed by atoms with E-state index in [0.29, 0.717) is 49.9 Å². The van der Waals surface area contributed by atoms with Crippen molar-refractivity contribution in [2.75, 3.05) is 0 Å². The average Bonchev–Trinajstić information content (AvgIpc) is 3.79. The van der Waals surface area contributed by atoms with Gasteiger partial charge in [-0.15, -0.1) is 35.8 Å². The molecular weight excluding hydrogens is 675 g/mol. The molecular formula is C30H16F6N4OS4. The predicted octanol–water partition coefficient (Wildman–Crippen LogP) is 11.7. The van der Waals surface area contributed by atoms with Gasteiger partial charge in [0.2, 0.25) is 0 Å². The van der Waals surface area contributed by atoms with Crippen molar-refractivity contribution in [3.05, 3.63) is 77.4 Å². The Balaban J connectivity index is 1.32. The highest BCUT2D eigenvalue weighted by molar-refractivity contribution is 7.58. The number of ether oxygens (including phenoxy) is 1. The van der Waals surface area contributed by atoms with Gasteiger partial charge in [0.05, 0.1) is 28.6 Å². The second kappa shape index (κ2) is 10.9. The van der Waals surface area contributed by atoms with Crippen molar-refractivity contribution in [2.24, 2.45) is 8.73 Å². The fraction of sp³-hybridized carbons (Fsp3) is 0.133. The smallest absolute Gasteiger partial charge is 0.405 e. The summed E-state index contributed by atoms with van der Waals surface area (Å²) in [6.45, 7) is 4.14. The first-order valence-corrected chi connectivity index (χ1v) is 16.1. The van der Waals surface area contributed by atoms with Crippen LogP contribution in [0.3, 0.4) is 0 Å². The molecule has 6 aromatic rings. The van der Waals surface area contributed by atoms with Gasteiger partial charge >= 0.3 is 12.5 Å². The van der Waals surface area contributed by atoms with E-state index >= 15 is 0 Å². The molecule has 0 spiro atoms. The number of halogens is 6. The fourth-order valence-corrected chi connectivity index (χ4v) is 8.21. The Morgan fingerprint density at radius 2 is 1.16 bits per heavy atom. The van der Waals surface area contributed by atoms with Crippen molar-refractivity contribution >= 4 is 68.2 Å². The number of hydrogen-bond acceptors (Lipinski definition) is 8. The van der Waals surface area contributed by atoms with Crippen LogP contribution in [0.4, 0.5) is 37.7 Å². The molecule has 0 amide bonds. The quantitative estimate of drug-likeness (QED) is 0.169. The van der Waals surface area contributed by atoms with Gasteiger partial charge in [0.15, 0.2) is 0 Å². The Morgan fingerprint density at radius 3 is 1.69 bits per heavy atom. The van der Waals surface area contributed by atoms with Crippen molar-refractivity contribution in [1.29, 1.82) is 0 Å². The Morgan fingerprint density at radius 1 is 0.622 bits per heavy atom. The minimum atomic E-state index is -5.27. The SMILES string of the molecule is Cc1ccc(-c2ccc(-c3c4c(c(-c5ccc(-c6ccc(OC(F)(F)F)c(C(F)(F)F)c6)s5)c5nsnc35)N=S=N4)s2)cc1C. The number of nitrogens with zero attached hydrogens (tertiary/aromatic N) is 4. The number of rotatable bonds is 5. The van der Waals surface area contributed by atoms with Crippen molar-refractivity contribution < 1.29 is 31.1 Å². The molecule has 1 aliphatic rings. The lowest BCUT2D eigenvalue weighted by Gasteiger charge is -2.16. The lowest BCUT2D eigenvalue weighted by atomic mass is 10.0. The zero-order valence-electron chi connectivity index (χ0n) is 22.9. The Labute approximate surface area is 267 Å². The highest BCUT2D eigenvalue weighted by atomic mass is 32.1. The summed E-state index contributed by atoms with van der Waals surface area (Å²) in [5, 5.41) is 0. The van der Waals surface area contributed by atoms with Crippen LogP contribution in [-0.2, 0) is 17.5 Å². The molecule has 0 unspecified atom stereocenters. The summed E-state index contributed by atoms with van der Waals surface area (Å²) >= 11 is 4.83. The van der Waals surface area contributed by atoms with Crippen LogP contribution in [0.1, 0.15) is 16.7 Å². The zero-order chi connectivity index (χ0) is 31.7. The molecule has 4 heterocycles. The van der Waals surface area contributed by atoms with Gasteiger partial charge in [0.25, 0.3) is 0 Å². The summed E-state index contributed by atoms with van der Waals surface area (Å²) in [5.41, 5.74) is 5.93. The molecule has 0 fully saturated rings. The molecule has 3 aromatic carbocycles. The summed E-state index contributed by atoms with van der Waals surface area (Å²) in [6.07, 6.45) is -10.3. The van der Waals surface area contributed by atoms with Crippen LogP contribution in [0, 0.1) is 13.8 Å². The number of alkyl halides is 6. The molecule has 45 heavy (non-hydrogen) atoms. The molecule has 0 atom stereocenters. The lowest BCUT2D eigenvalue weighted by Crippen LogP contribution is -2.20. The number of hydrogen-bond donors (Lipinski definition) is 0. The number of fused-ring (bicyclic) bond motifs is 2. The monoisotopic (exact) mass is 690 g/mol. The highest BCUT2D eigenvalue weighted by Crippen LogP contribution is 2.55. The topological polar surface area (TPSA) is 59.7 Å². The largest absolute Gasteiger partial charge is 0.573 e. The normalized spacial score (nSPS) is 13.0. The van der Waals surface area contributed by atoms with Gasteiger partial charge in [0, 0.05) is 30.6 Å². The van der Waals surface area contributed by atoms with E-state index in [4.69, 9.17) is 0 Å². The highest BCUT2D eigenvalue weighted by Gasteiger charge is 2.39. The van der Waals surface area contributed by atoms with Crippen molar-refractivity contribution in [3.8, 4) is 47.5 Å². The third kappa shape index (κ3) is 5.47. The maximum Gasteiger partial charge on any atom is 0.573 e. The van der Waals surface area contributed by atoms with E-state index in [2.05, 4.69) is 60.3 Å². The van der Waals surface area contributed by atoms with Gasteiger partial charge in [-0.1, -0.05) is 18.2 Å². The third-order valence-electron chi connectivity index (χ3n) is 7.22. The minimum Gasteiger partial charge on any atom is -0.405 e. The molecule has 228 valence electrons. The second-order valence-corrected chi connectivity index (χ2v) is 13.3. The first-order chi connectivity index (χ1) is 21.4. The summed E-state index contributed by atoms with van der Waals surface area (Å²) in [5.74, 6) is -1.31. The number of aromatic nitrogens is 2. The molecule has 0 radical (unpaired) electrons. The van der Waals surface area contributed by atoms with Crippen LogP contribution in [0.25, 0.3) is 52.8 Å².